The van der Waals surface area contributed by atoms with Crippen molar-refractivity contribution in [2.45, 2.75) is 0 Å². The second-order valence-electron chi connectivity index (χ2n) is 5.14. The van der Waals surface area contributed by atoms with Gasteiger partial charge in [-0.2, -0.15) is 0 Å². The van der Waals surface area contributed by atoms with Gasteiger partial charge in [0.25, 0.3) is 0 Å². The summed E-state index contributed by atoms with van der Waals surface area (Å²) in [6.45, 7) is 0. The molecular formula is C19H14ClFN2OS. The molecule has 0 saturated carbocycles. The van der Waals surface area contributed by atoms with Gasteiger partial charge in [0.1, 0.15) is 11.6 Å². The van der Waals surface area contributed by atoms with Gasteiger partial charge in [-0.05, 0) is 66.8 Å². The zero-order chi connectivity index (χ0) is 17.6. The van der Waals surface area contributed by atoms with E-state index >= 15 is 0 Å². The molecule has 3 rings (SSSR count). The van der Waals surface area contributed by atoms with Crippen molar-refractivity contribution in [1.82, 2.24) is 0 Å². The Bertz CT molecular complexity index is 872. The first-order chi connectivity index (χ1) is 12.1. The largest absolute Gasteiger partial charge is 0.455 e. The number of thiocarbonyl (C=S) groups is 1. The highest BCUT2D eigenvalue weighted by Crippen LogP contribution is 2.32. The van der Waals surface area contributed by atoms with E-state index in [4.69, 9.17) is 28.6 Å². The second kappa shape index (κ2) is 7.96. The van der Waals surface area contributed by atoms with Crippen LogP contribution in [0, 0.1) is 5.82 Å². The lowest BCUT2D eigenvalue weighted by molar-refractivity contribution is 0.485. The zero-order valence-corrected chi connectivity index (χ0v) is 14.6. The Balaban J connectivity index is 1.75. The van der Waals surface area contributed by atoms with Crippen molar-refractivity contribution in [3.8, 4) is 11.5 Å². The third-order valence-corrected chi connectivity index (χ3v) is 3.70. The molecule has 0 spiro atoms. The lowest BCUT2D eigenvalue weighted by Gasteiger charge is -2.15. The van der Waals surface area contributed by atoms with Crippen LogP contribution in [0.15, 0.2) is 72.8 Å². The molecule has 0 saturated heterocycles. The lowest BCUT2D eigenvalue weighted by atomic mass is 10.3. The van der Waals surface area contributed by atoms with Crippen LogP contribution in [0.25, 0.3) is 0 Å². The van der Waals surface area contributed by atoms with E-state index in [9.17, 15) is 4.39 Å². The van der Waals surface area contributed by atoms with Crippen LogP contribution in [0.2, 0.25) is 5.02 Å². The fourth-order valence-electron chi connectivity index (χ4n) is 2.12. The fourth-order valence-corrected chi connectivity index (χ4v) is 2.52. The van der Waals surface area contributed by atoms with E-state index in [1.54, 1.807) is 30.3 Å². The van der Waals surface area contributed by atoms with Gasteiger partial charge in [0.2, 0.25) is 0 Å². The van der Waals surface area contributed by atoms with E-state index in [0.29, 0.717) is 33.0 Å². The Morgan fingerprint density at radius 2 is 1.64 bits per heavy atom. The summed E-state index contributed by atoms with van der Waals surface area (Å²) in [5, 5.41) is 6.92. The number of benzene rings is 3. The van der Waals surface area contributed by atoms with Gasteiger partial charge in [-0.1, -0.05) is 29.8 Å². The molecule has 3 aromatic carbocycles. The first kappa shape index (κ1) is 17.2. The Morgan fingerprint density at radius 3 is 2.36 bits per heavy atom. The number of anilines is 2. The molecule has 0 aliphatic heterocycles. The smallest absolute Gasteiger partial charge is 0.175 e. The molecule has 3 nitrogen and oxygen atoms in total. The van der Waals surface area contributed by atoms with Crippen molar-refractivity contribution >= 4 is 40.3 Å². The number of halogens is 2. The first-order valence-electron chi connectivity index (χ1n) is 7.46. The number of hydrogen-bond donors (Lipinski definition) is 2. The Labute approximate surface area is 155 Å². The van der Waals surface area contributed by atoms with Gasteiger partial charge in [0.05, 0.1) is 5.69 Å². The van der Waals surface area contributed by atoms with E-state index in [1.165, 1.54) is 12.1 Å². The molecule has 6 heteroatoms. The van der Waals surface area contributed by atoms with Crippen molar-refractivity contribution in [2.75, 3.05) is 10.6 Å². The molecule has 0 radical (unpaired) electrons. The van der Waals surface area contributed by atoms with E-state index in [1.807, 2.05) is 30.3 Å². The maximum Gasteiger partial charge on any atom is 0.175 e. The highest BCUT2D eigenvalue weighted by Gasteiger charge is 2.08. The molecule has 0 unspecified atom stereocenters. The highest BCUT2D eigenvalue weighted by molar-refractivity contribution is 7.80. The minimum Gasteiger partial charge on any atom is -0.455 e. The van der Waals surface area contributed by atoms with Crippen LogP contribution in [0.1, 0.15) is 0 Å². The molecule has 0 aromatic heterocycles. The number of para-hydroxylation sites is 1. The zero-order valence-electron chi connectivity index (χ0n) is 13.0. The average molecular weight is 373 g/mol. The summed E-state index contributed by atoms with van der Waals surface area (Å²) in [5.74, 6) is 0.974. The van der Waals surface area contributed by atoms with Crippen LogP contribution in [0.3, 0.4) is 0 Å². The molecule has 25 heavy (non-hydrogen) atoms. The summed E-state index contributed by atoms with van der Waals surface area (Å²) in [6, 6.07) is 20.5. The van der Waals surface area contributed by atoms with Crippen LogP contribution in [0.4, 0.5) is 15.8 Å². The van der Waals surface area contributed by atoms with Gasteiger partial charge < -0.3 is 15.4 Å². The predicted octanol–water partition coefficient (Wildman–Crippen LogP) is 6.08. The van der Waals surface area contributed by atoms with Crippen molar-refractivity contribution in [1.29, 1.82) is 0 Å². The molecule has 0 aliphatic rings. The Kier molecular flexibility index (Phi) is 5.48. The maximum absolute atomic E-state index is 13.0. The standard InChI is InChI=1S/C19H14ClFN2OS/c20-13-6-11-18(24-16-4-2-1-3-5-16)17(12-13)23-19(25)22-15-9-7-14(21)8-10-15/h1-12H,(H2,22,23,25). The van der Waals surface area contributed by atoms with Crippen molar-refractivity contribution in [3.05, 3.63) is 83.6 Å². The van der Waals surface area contributed by atoms with Gasteiger partial charge in [-0.25, -0.2) is 4.39 Å². The molecule has 0 atom stereocenters. The minimum atomic E-state index is -0.308. The average Bonchev–Trinajstić information content (AvgIpc) is 2.60. The Morgan fingerprint density at radius 1 is 0.920 bits per heavy atom. The molecule has 0 amide bonds. The van der Waals surface area contributed by atoms with E-state index < -0.39 is 0 Å². The molecule has 0 bridgehead atoms. The highest BCUT2D eigenvalue weighted by atomic mass is 35.5. The molecule has 0 aliphatic carbocycles. The van der Waals surface area contributed by atoms with Crippen molar-refractivity contribution in [2.24, 2.45) is 0 Å². The summed E-state index contributed by atoms with van der Waals surface area (Å²) in [6.07, 6.45) is 0. The third-order valence-electron chi connectivity index (χ3n) is 3.26. The number of nitrogens with one attached hydrogen (secondary N) is 2. The summed E-state index contributed by atoms with van der Waals surface area (Å²) in [5.41, 5.74) is 1.29. The van der Waals surface area contributed by atoms with Crippen LogP contribution in [-0.4, -0.2) is 5.11 Å². The van der Waals surface area contributed by atoms with Gasteiger partial charge >= 0.3 is 0 Å². The molecule has 2 N–H and O–H groups in total. The Hall–Kier alpha value is -2.63. The lowest BCUT2D eigenvalue weighted by Crippen LogP contribution is -2.19. The van der Waals surface area contributed by atoms with Gasteiger partial charge in [-0.15, -0.1) is 0 Å². The molecular weight excluding hydrogens is 359 g/mol. The fraction of sp³-hybridized carbons (Fsp3) is 0. The summed E-state index contributed by atoms with van der Waals surface area (Å²) in [4.78, 5) is 0. The summed E-state index contributed by atoms with van der Waals surface area (Å²) < 4.78 is 18.8. The topological polar surface area (TPSA) is 33.3 Å². The molecule has 0 heterocycles. The van der Waals surface area contributed by atoms with Crippen LogP contribution >= 0.6 is 23.8 Å². The van der Waals surface area contributed by atoms with Crippen LogP contribution in [-0.2, 0) is 0 Å². The van der Waals surface area contributed by atoms with Crippen LogP contribution < -0.4 is 15.4 Å². The number of hydrogen-bond acceptors (Lipinski definition) is 2. The van der Waals surface area contributed by atoms with E-state index in [-0.39, 0.29) is 5.82 Å². The van der Waals surface area contributed by atoms with Gasteiger partial charge in [0, 0.05) is 10.7 Å². The summed E-state index contributed by atoms with van der Waals surface area (Å²) in [7, 11) is 0. The quantitative estimate of drug-likeness (QED) is 0.544. The maximum atomic E-state index is 13.0. The third kappa shape index (κ3) is 4.92. The second-order valence-corrected chi connectivity index (χ2v) is 5.99. The minimum absolute atomic E-state index is 0.308. The number of rotatable bonds is 4. The number of ether oxygens (including phenoxy) is 1. The van der Waals surface area contributed by atoms with E-state index in [0.717, 1.165) is 0 Å². The molecule has 3 aromatic rings. The SMILES string of the molecule is Fc1ccc(NC(=S)Nc2cc(Cl)ccc2Oc2ccccc2)cc1. The predicted molar refractivity (Wildman–Crippen MR) is 104 cm³/mol. The summed E-state index contributed by atoms with van der Waals surface area (Å²) >= 11 is 11.4. The van der Waals surface area contributed by atoms with Gasteiger partial charge in [-0.3, -0.25) is 0 Å². The normalized spacial score (nSPS) is 10.2. The van der Waals surface area contributed by atoms with Crippen molar-refractivity contribution < 1.29 is 9.13 Å². The van der Waals surface area contributed by atoms with Crippen LogP contribution in [0.5, 0.6) is 11.5 Å². The van der Waals surface area contributed by atoms with Crippen molar-refractivity contribution in [3.63, 3.8) is 0 Å². The monoisotopic (exact) mass is 372 g/mol. The molecule has 0 fully saturated rings. The first-order valence-corrected chi connectivity index (χ1v) is 8.25. The molecule has 126 valence electrons. The van der Waals surface area contributed by atoms with E-state index in [2.05, 4.69) is 10.6 Å². The van der Waals surface area contributed by atoms with Gasteiger partial charge in [0.15, 0.2) is 10.9 Å².